The minimum absolute atomic E-state index is 0.552. The first-order valence-corrected chi connectivity index (χ1v) is 6.00. The molecule has 0 spiro atoms. The van der Waals surface area contributed by atoms with E-state index in [0.29, 0.717) is 6.66 Å². The molecule has 0 radical (unpaired) electrons. The van der Waals surface area contributed by atoms with E-state index in [1.165, 1.54) is 0 Å². The summed E-state index contributed by atoms with van der Waals surface area (Å²) in [7, 11) is -9.37. The average molecular weight is 191 g/mol. The van der Waals surface area contributed by atoms with Crippen LogP contribution in [0.25, 0.3) is 0 Å². The molecule has 8 heteroatoms. The van der Waals surface area contributed by atoms with Gasteiger partial charge in [-0.3, -0.25) is 9.13 Å². The highest BCUT2D eigenvalue weighted by molar-refractivity contribution is 7.73. The lowest BCUT2D eigenvalue weighted by atomic mass is 11.7. The zero-order valence-corrected chi connectivity index (χ0v) is 6.80. The van der Waals surface area contributed by atoms with Crippen LogP contribution in [0.2, 0.25) is 0 Å². The van der Waals surface area contributed by atoms with Gasteiger partial charge in [-0.25, -0.2) is 4.39 Å². The summed E-state index contributed by atoms with van der Waals surface area (Å²) >= 11 is 0. The van der Waals surface area contributed by atoms with Crippen molar-refractivity contribution in [3.63, 3.8) is 0 Å². The van der Waals surface area contributed by atoms with E-state index in [9.17, 15) is 13.5 Å². The highest BCUT2D eigenvalue weighted by Gasteiger charge is 2.40. The van der Waals surface area contributed by atoms with E-state index in [-0.39, 0.29) is 0 Å². The summed E-state index contributed by atoms with van der Waals surface area (Å²) in [5.74, 6) is 0. The highest BCUT2D eigenvalue weighted by atomic mass is 31.2. The lowest BCUT2D eigenvalue weighted by Gasteiger charge is -2.11. The summed E-state index contributed by atoms with van der Waals surface area (Å²) in [6.45, 7) is 0.552. The number of hydrogen-bond acceptors (Lipinski definition) is 2. The molecule has 10 heavy (non-hydrogen) atoms. The Morgan fingerprint density at radius 3 is 1.60 bits per heavy atom. The molecule has 0 aliphatic carbocycles. The molecular weight excluding hydrogens is 184 g/mol. The van der Waals surface area contributed by atoms with Gasteiger partial charge in [0.25, 0.3) is 5.65 Å². The van der Waals surface area contributed by atoms with Crippen LogP contribution in [-0.4, -0.2) is 27.0 Å². The van der Waals surface area contributed by atoms with Gasteiger partial charge < -0.3 is 14.7 Å². The predicted molar refractivity (Wildman–Crippen MR) is 32.7 cm³/mol. The van der Waals surface area contributed by atoms with E-state index in [1.807, 2.05) is 0 Å². The zero-order chi connectivity index (χ0) is 8.58. The summed E-state index contributed by atoms with van der Waals surface area (Å²) in [6.07, 6.45) is 0. The van der Waals surface area contributed by atoms with Crippen molar-refractivity contribution in [2.75, 3.05) is 6.66 Å². The van der Waals surface area contributed by atoms with Crippen molar-refractivity contribution in [2.45, 2.75) is 5.65 Å². The van der Waals surface area contributed by atoms with Crippen molar-refractivity contribution in [3.8, 4) is 0 Å². The van der Waals surface area contributed by atoms with Crippen LogP contribution in [0.5, 0.6) is 0 Å². The van der Waals surface area contributed by atoms with Gasteiger partial charge in [0, 0.05) is 6.66 Å². The molecule has 0 heterocycles. The fourth-order valence-corrected chi connectivity index (χ4v) is 2.51. The first-order chi connectivity index (χ1) is 4.15. The predicted octanol–water partition coefficient (Wildman–Crippen LogP) is 0.317. The second kappa shape index (κ2) is 2.72. The second-order valence-corrected chi connectivity index (χ2v) is 6.22. The lowest BCUT2D eigenvalue weighted by molar-refractivity contribution is 0.322. The molecule has 62 valence electrons. The summed E-state index contributed by atoms with van der Waals surface area (Å²) in [6, 6.07) is 0. The third kappa shape index (κ3) is 2.90. The Morgan fingerprint density at radius 2 is 1.60 bits per heavy atom. The molecule has 0 aromatic carbocycles. The van der Waals surface area contributed by atoms with Gasteiger partial charge in [0.2, 0.25) is 7.37 Å². The fraction of sp³-hybridized carbons (Fsp3) is 1.00. The average Bonchev–Trinajstić information content (AvgIpc) is 1.59. The third-order valence-corrected chi connectivity index (χ3v) is 4.21. The molecule has 0 fully saturated rings. The summed E-state index contributed by atoms with van der Waals surface area (Å²) in [5.41, 5.74) is -2.96. The Kier molecular flexibility index (Phi) is 2.79. The zero-order valence-electron chi connectivity index (χ0n) is 5.01. The molecule has 2 unspecified atom stereocenters. The third-order valence-electron chi connectivity index (χ3n) is 0.673. The van der Waals surface area contributed by atoms with Gasteiger partial charge in [-0.2, -0.15) is 0 Å². The quantitative estimate of drug-likeness (QED) is 0.546. The largest absolute Gasteiger partial charge is 0.369 e. The normalized spacial score (nSPS) is 21.7. The molecule has 0 bridgehead atoms. The van der Waals surface area contributed by atoms with Crippen LogP contribution in [0.3, 0.4) is 0 Å². The molecular formula is C2H7FO5P2. The van der Waals surface area contributed by atoms with Crippen LogP contribution in [0.15, 0.2) is 0 Å². The molecule has 3 N–H and O–H groups in total. The molecule has 5 nitrogen and oxygen atoms in total. The minimum Gasteiger partial charge on any atom is -0.342 e. The molecule has 0 saturated carbocycles. The molecule has 0 saturated heterocycles. The van der Waals surface area contributed by atoms with Crippen LogP contribution >= 0.6 is 15.0 Å². The van der Waals surface area contributed by atoms with E-state index in [0.717, 1.165) is 0 Å². The monoisotopic (exact) mass is 191 g/mol. The van der Waals surface area contributed by atoms with E-state index < -0.39 is 20.6 Å². The molecule has 0 aromatic rings. The lowest BCUT2D eigenvalue weighted by Crippen LogP contribution is -2.00. The first-order valence-electron chi connectivity index (χ1n) is 2.15. The molecule has 0 aliphatic heterocycles. The minimum atomic E-state index is -5.06. The SMILES string of the molecule is CP(=O)(O)C([18F])P(=O)(O)O. The van der Waals surface area contributed by atoms with Gasteiger partial charge in [-0.05, 0) is 0 Å². The molecule has 0 rings (SSSR count). The smallest absolute Gasteiger partial charge is 0.342 e. The van der Waals surface area contributed by atoms with E-state index >= 15 is 0 Å². The standard InChI is InChI=1S/C2H7FO5P2/c1-9(4,5)2(3)10(6,7)8/h2H,1H3,(H,4,5)(H2,6,7,8)/i3-1. The molecule has 0 aliphatic rings. The fourth-order valence-electron chi connectivity index (χ4n) is 0.279. The molecule has 2 atom stereocenters. The Morgan fingerprint density at radius 1 is 1.30 bits per heavy atom. The maximum absolute atomic E-state index is 12.1. The maximum Gasteiger partial charge on any atom is 0.369 e. The van der Waals surface area contributed by atoms with Crippen molar-refractivity contribution in [1.29, 1.82) is 0 Å². The van der Waals surface area contributed by atoms with Gasteiger partial charge in [-0.1, -0.05) is 0 Å². The number of rotatable bonds is 2. The van der Waals surface area contributed by atoms with Crippen LogP contribution in [0.1, 0.15) is 0 Å². The summed E-state index contributed by atoms with van der Waals surface area (Å²) in [4.78, 5) is 24.4. The van der Waals surface area contributed by atoms with Crippen LogP contribution in [0.4, 0.5) is 4.39 Å². The van der Waals surface area contributed by atoms with Crippen molar-refractivity contribution in [1.82, 2.24) is 0 Å². The topological polar surface area (TPSA) is 94.8 Å². The molecule has 0 aromatic heterocycles. The summed E-state index contributed by atoms with van der Waals surface area (Å²) in [5, 5.41) is 0. The number of halogens is 1. The van der Waals surface area contributed by atoms with Crippen molar-refractivity contribution in [2.24, 2.45) is 0 Å². The maximum atomic E-state index is 12.1. The van der Waals surface area contributed by atoms with Crippen LogP contribution in [0, 0.1) is 0 Å². The highest BCUT2D eigenvalue weighted by Crippen LogP contribution is 2.60. The van der Waals surface area contributed by atoms with Gasteiger partial charge in [-0.15, -0.1) is 0 Å². The van der Waals surface area contributed by atoms with E-state index in [4.69, 9.17) is 14.7 Å². The Bertz CT molecular complexity index is 180. The first kappa shape index (κ1) is 10.3. The number of hydrogen-bond donors (Lipinski definition) is 3. The van der Waals surface area contributed by atoms with Gasteiger partial charge >= 0.3 is 7.60 Å². The van der Waals surface area contributed by atoms with Crippen LogP contribution < -0.4 is 0 Å². The van der Waals surface area contributed by atoms with Crippen molar-refractivity contribution in [3.05, 3.63) is 0 Å². The van der Waals surface area contributed by atoms with E-state index in [1.54, 1.807) is 0 Å². The summed E-state index contributed by atoms with van der Waals surface area (Å²) < 4.78 is 32.4. The Labute approximate surface area is 56.5 Å². The van der Waals surface area contributed by atoms with Gasteiger partial charge in [0.1, 0.15) is 0 Å². The van der Waals surface area contributed by atoms with Crippen molar-refractivity contribution >= 4 is 15.0 Å². The van der Waals surface area contributed by atoms with Gasteiger partial charge in [0.15, 0.2) is 0 Å². The van der Waals surface area contributed by atoms with E-state index in [2.05, 4.69) is 0 Å². The Hall–Kier alpha value is 0.270. The number of alkyl halides is 1. The Balaban J connectivity index is 4.56. The molecule has 0 amide bonds. The second-order valence-electron chi connectivity index (χ2n) is 1.84. The van der Waals surface area contributed by atoms with Crippen LogP contribution in [-0.2, 0) is 9.13 Å². The van der Waals surface area contributed by atoms with Crippen molar-refractivity contribution < 1.29 is 28.2 Å². The van der Waals surface area contributed by atoms with Gasteiger partial charge in [0.05, 0.1) is 0 Å².